The van der Waals surface area contributed by atoms with Gasteiger partial charge in [0.1, 0.15) is 0 Å². The molecular weight excluding hydrogens is 110 g/mol. The van der Waals surface area contributed by atoms with E-state index in [2.05, 4.69) is 5.87 Å². The minimum absolute atomic E-state index is 1.60. The van der Waals surface area contributed by atoms with Gasteiger partial charge in [-0.05, 0) is 20.0 Å². The van der Waals surface area contributed by atoms with Crippen LogP contribution in [0.2, 0.25) is 0 Å². The van der Waals surface area contributed by atoms with Gasteiger partial charge in [0.15, 0.2) is 0 Å². The van der Waals surface area contributed by atoms with Crippen LogP contribution in [0.3, 0.4) is 0 Å². The summed E-state index contributed by atoms with van der Waals surface area (Å²) >= 11 is 0. The summed E-state index contributed by atoms with van der Waals surface area (Å²) in [5.41, 5.74) is 0. The molecule has 0 heterocycles. The van der Waals surface area contributed by atoms with E-state index in [4.69, 9.17) is 0 Å². The highest BCUT2D eigenvalue weighted by Gasteiger charge is 1.93. The molecule has 0 saturated heterocycles. The van der Waals surface area contributed by atoms with E-state index in [1.165, 1.54) is 0 Å². The molecule has 1 unspecified atom stereocenters. The molecule has 0 bridgehead atoms. The van der Waals surface area contributed by atoms with Gasteiger partial charge in [-0.2, -0.15) is 0 Å². The van der Waals surface area contributed by atoms with Crippen LogP contribution >= 0.6 is 0 Å². The average Bonchev–Trinajstić information content (AvgIpc) is 1.31. The lowest BCUT2D eigenvalue weighted by Gasteiger charge is -2.09. The molecule has 0 spiro atoms. The third-order valence-electron chi connectivity index (χ3n) is 0.772. The first-order valence-corrected chi connectivity index (χ1v) is 4.03. The van der Waals surface area contributed by atoms with Gasteiger partial charge in [-0.25, -0.2) is 4.31 Å². The fourth-order valence-corrected chi connectivity index (χ4v) is 0. The molecule has 0 aliphatic carbocycles. The van der Waals surface area contributed by atoms with Crippen molar-refractivity contribution in [2.24, 2.45) is 0 Å². The summed E-state index contributed by atoms with van der Waals surface area (Å²) in [6.45, 7) is 0. The van der Waals surface area contributed by atoms with Gasteiger partial charge in [-0.3, -0.25) is 4.21 Å². The number of rotatable bonds is 1. The number of hydrogen-bond acceptors (Lipinski definition) is 1. The SMILES string of the molecule is C=S(C)(=O)N(C)C. The van der Waals surface area contributed by atoms with Crippen molar-refractivity contribution >= 4 is 15.6 Å². The van der Waals surface area contributed by atoms with Crippen molar-refractivity contribution < 1.29 is 4.21 Å². The molecule has 0 aliphatic heterocycles. The Morgan fingerprint density at radius 3 is 1.71 bits per heavy atom. The molecule has 0 aromatic rings. The third-order valence-corrected chi connectivity index (χ3v) is 2.32. The summed E-state index contributed by atoms with van der Waals surface area (Å²) in [7, 11) is 1.58. The molecule has 2 nitrogen and oxygen atoms in total. The van der Waals surface area contributed by atoms with Crippen LogP contribution in [-0.4, -0.2) is 34.7 Å². The predicted octanol–water partition coefficient (Wildman–Crippen LogP) is -0.191. The molecule has 7 heavy (non-hydrogen) atoms. The maximum absolute atomic E-state index is 10.7. The summed E-state index contributed by atoms with van der Waals surface area (Å²) in [6, 6.07) is 0. The third kappa shape index (κ3) is 2.65. The van der Waals surface area contributed by atoms with Crippen molar-refractivity contribution in [1.82, 2.24) is 4.31 Å². The summed E-state index contributed by atoms with van der Waals surface area (Å²) in [5.74, 6) is 3.42. The van der Waals surface area contributed by atoms with E-state index in [9.17, 15) is 4.21 Å². The van der Waals surface area contributed by atoms with E-state index in [-0.39, 0.29) is 0 Å². The van der Waals surface area contributed by atoms with Crippen molar-refractivity contribution in [2.75, 3.05) is 20.4 Å². The van der Waals surface area contributed by atoms with Gasteiger partial charge in [0.25, 0.3) is 0 Å². The number of hydrogen-bond donors (Lipinski definition) is 0. The molecule has 0 aromatic carbocycles. The molecule has 44 valence electrons. The Balaban J connectivity index is 4.10. The minimum Gasteiger partial charge on any atom is -0.253 e. The lowest BCUT2D eigenvalue weighted by atomic mass is 11.3. The fourth-order valence-electron chi connectivity index (χ4n) is 0. The quantitative estimate of drug-likeness (QED) is 0.440. The molecule has 3 heteroatoms. The van der Waals surface area contributed by atoms with Crippen molar-refractivity contribution in [3.8, 4) is 0 Å². The largest absolute Gasteiger partial charge is 0.253 e. The van der Waals surface area contributed by atoms with Crippen LogP contribution in [0.4, 0.5) is 0 Å². The van der Waals surface area contributed by atoms with E-state index >= 15 is 0 Å². The molecule has 0 fully saturated rings. The van der Waals surface area contributed by atoms with Crippen LogP contribution in [0.25, 0.3) is 0 Å². The average molecular weight is 121 g/mol. The molecule has 0 aliphatic rings. The topological polar surface area (TPSA) is 20.3 Å². The zero-order valence-corrected chi connectivity index (χ0v) is 5.79. The van der Waals surface area contributed by atoms with Crippen LogP contribution in [0.1, 0.15) is 0 Å². The van der Waals surface area contributed by atoms with Crippen LogP contribution in [-0.2, 0) is 9.71 Å². The zero-order valence-electron chi connectivity index (χ0n) is 4.97. The highest BCUT2D eigenvalue weighted by Crippen LogP contribution is 1.83. The Morgan fingerprint density at radius 1 is 1.57 bits per heavy atom. The summed E-state index contributed by atoms with van der Waals surface area (Å²) in [5, 5.41) is 0. The summed E-state index contributed by atoms with van der Waals surface area (Å²) < 4.78 is 12.3. The van der Waals surface area contributed by atoms with Crippen molar-refractivity contribution in [3.05, 3.63) is 0 Å². The smallest absolute Gasteiger partial charge is 0.0240 e. The Labute approximate surface area is 45.3 Å². The molecular formula is C4H11NOS. The molecule has 0 amide bonds. The maximum atomic E-state index is 10.7. The lowest BCUT2D eigenvalue weighted by Crippen LogP contribution is -2.19. The molecule has 0 aromatic heterocycles. The second-order valence-electron chi connectivity index (χ2n) is 1.77. The first-order valence-electron chi connectivity index (χ1n) is 1.94. The van der Waals surface area contributed by atoms with E-state index in [0.717, 1.165) is 0 Å². The standard InChI is InChI=1S/C4H11NOS/c1-5(2)7(3,4)6/h3H2,1-2,4H3. The molecule has 1 atom stereocenters. The number of nitrogens with zero attached hydrogens (tertiary/aromatic N) is 1. The minimum atomic E-state index is -1.91. The van der Waals surface area contributed by atoms with Gasteiger partial charge in [-0.15, -0.1) is 0 Å². The van der Waals surface area contributed by atoms with E-state index < -0.39 is 9.71 Å². The first kappa shape index (κ1) is 6.98. The van der Waals surface area contributed by atoms with E-state index in [1.807, 2.05) is 0 Å². The van der Waals surface area contributed by atoms with Gasteiger partial charge in [0.05, 0.1) is 0 Å². The van der Waals surface area contributed by atoms with Crippen molar-refractivity contribution in [2.45, 2.75) is 0 Å². The molecule has 0 rings (SSSR count). The van der Waals surface area contributed by atoms with Gasteiger partial charge in [0.2, 0.25) is 0 Å². The first-order chi connectivity index (χ1) is 2.94. The van der Waals surface area contributed by atoms with Gasteiger partial charge in [-0.1, -0.05) is 0 Å². The highest BCUT2D eigenvalue weighted by molar-refractivity contribution is 7.97. The molecule has 0 N–H and O–H groups in total. The Kier molecular flexibility index (Phi) is 1.83. The zero-order chi connectivity index (χ0) is 6.08. The highest BCUT2D eigenvalue weighted by atomic mass is 32.2. The normalized spacial score (nSPS) is 19.4. The fraction of sp³-hybridized carbons (Fsp3) is 0.750. The van der Waals surface area contributed by atoms with Crippen LogP contribution in [0.15, 0.2) is 0 Å². The molecule has 0 saturated carbocycles. The Bertz CT molecular complexity index is 134. The van der Waals surface area contributed by atoms with Gasteiger partial charge >= 0.3 is 0 Å². The Morgan fingerprint density at radius 2 is 1.71 bits per heavy atom. The van der Waals surface area contributed by atoms with Crippen LogP contribution in [0.5, 0.6) is 0 Å². The summed E-state index contributed by atoms with van der Waals surface area (Å²) in [4.78, 5) is 0. The second kappa shape index (κ2) is 1.84. The molecule has 0 radical (unpaired) electrons. The van der Waals surface area contributed by atoms with Crippen molar-refractivity contribution in [3.63, 3.8) is 0 Å². The lowest BCUT2D eigenvalue weighted by molar-refractivity contribution is 0.605. The van der Waals surface area contributed by atoms with Crippen LogP contribution in [0, 0.1) is 0 Å². The maximum Gasteiger partial charge on any atom is 0.0240 e. The predicted molar refractivity (Wildman–Crippen MR) is 34.9 cm³/mol. The monoisotopic (exact) mass is 121 g/mol. The van der Waals surface area contributed by atoms with Crippen LogP contribution < -0.4 is 0 Å². The van der Waals surface area contributed by atoms with E-state index in [0.29, 0.717) is 0 Å². The van der Waals surface area contributed by atoms with E-state index in [1.54, 1.807) is 24.7 Å². The second-order valence-corrected chi connectivity index (χ2v) is 4.42. The summed E-state index contributed by atoms with van der Waals surface area (Å²) in [6.07, 6.45) is 1.60. The van der Waals surface area contributed by atoms with Gasteiger partial charge in [0, 0.05) is 16.0 Å². The van der Waals surface area contributed by atoms with Gasteiger partial charge < -0.3 is 0 Å². The van der Waals surface area contributed by atoms with Crippen molar-refractivity contribution in [1.29, 1.82) is 0 Å². The Hall–Kier alpha value is -0.0200.